The highest BCUT2D eigenvalue weighted by atomic mass is 32.2. The zero-order valence-corrected chi connectivity index (χ0v) is 16.4. The largest absolute Gasteiger partial charge is 0.462 e. The first-order chi connectivity index (χ1) is 13.5. The maximum atomic E-state index is 13.0. The monoisotopic (exact) mass is 402 g/mol. The van der Waals surface area contributed by atoms with Crippen LogP contribution in [0.25, 0.3) is 0 Å². The number of anilines is 1. The van der Waals surface area contributed by atoms with Gasteiger partial charge in [0.1, 0.15) is 16.7 Å². The van der Waals surface area contributed by atoms with E-state index in [4.69, 9.17) is 4.74 Å². The first kappa shape index (κ1) is 20.2. The first-order valence-electron chi connectivity index (χ1n) is 9.05. The van der Waals surface area contributed by atoms with E-state index in [-0.39, 0.29) is 23.0 Å². The average molecular weight is 402 g/mol. The molecule has 8 nitrogen and oxygen atoms in total. The van der Waals surface area contributed by atoms with Gasteiger partial charge < -0.3 is 20.1 Å². The summed E-state index contributed by atoms with van der Waals surface area (Å²) in [7, 11) is 0. The van der Waals surface area contributed by atoms with Gasteiger partial charge in [0.25, 0.3) is 11.6 Å². The molecule has 1 unspecified atom stereocenters. The Morgan fingerprint density at radius 3 is 2.61 bits per heavy atom. The molecule has 1 amide bonds. The normalized spacial score (nSPS) is 23.9. The molecule has 2 aliphatic heterocycles. The lowest BCUT2D eigenvalue weighted by Gasteiger charge is -2.33. The van der Waals surface area contributed by atoms with Crippen molar-refractivity contribution in [3.8, 4) is 6.07 Å². The van der Waals surface area contributed by atoms with Crippen LogP contribution in [0.4, 0.5) is 5.69 Å². The third-order valence-electron chi connectivity index (χ3n) is 4.54. The van der Waals surface area contributed by atoms with Gasteiger partial charge in [0.15, 0.2) is 0 Å². The maximum Gasteiger partial charge on any atom is 0.361 e. The summed E-state index contributed by atoms with van der Waals surface area (Å²) in [6.45, 7) is 4.06. The lowest BCUT2D eigenvalue weighted by atomic mass is 10.1. The van der Waals surface area contributed by atoms with Crippen LogP contribution in [0.5, 0.6) is 0 Å². The molecule has 1 atom stereocenters. The fraction of sp³-hybridized carbons (Fsp3) is 0.421. The van der Waals surface area contributed by atoms with Gasteiger partial charge in [-0.15, -0.1) is 11.8 Å². The molecule has 148 valence electrons. The van der Waals surface area contributed by atoms with Crippen molar-refractivity contribution >= 4 is 29.3 Å². The number of piperazine rings is 1. The van der Waals surface area contributed by atoms with Gasteiger partial charge in [-0.25, -0.2) is 4.79 Å². The summed E-state index contributed by atoms with van der Waals surface area (Å²) in [4.78, 5) is 28.5. The minimum atomic E-state index is -2.00. The van der Waals surface area contributed by atoms with Crippen molar-refractivity contribution < 1.29 is 19.4 Å². The van der Waals surface area contributed by atoms with Crippen molar-refractivity contribution in [2.75, 3.05) is 43.4 Å². The Kier molecular flexibility index (Phi) is 6.24. The number of amides is 1. The van der Waals surface area contributed by atoms with E-state index >= 15 is 0 Å². The van der Waals surface area contributed by atoms with Crippen LogP contribution >= 0.6 is 11.8 Å². The molecule has 2 saturated heterocycles. The number of hydrogen-bond donors (Lipinski definition) is 2. The van der Waals surface area contributed by atoms with Crippen LogP contribution in [0.15, 0.2) is 40.9 Å². The van der Waals surface area contributed by atoms with E-state index in [1.165, 1.54) is 4.90 Å². The number of hydrogen-bond acceptors (Lipinski definition) is 8. The number of carbonyl (C=O) groups excluding carboxylic acids is 2. The second-order valence-electron chi connectivity index (χ2n) is 6.33. The van der Waals surface area contributed by atoms with E-state index in [9.17, 15) is 20.0 Å². The third kappa shape index (κ3) is 3.71. The van der Waals surface area contributed by atoms with Gasteiger partial charge >= 0.3 is 5.97 Å². The number of benzene rings is 1. The van der Waals surface area contributed by atoms with Crippen molar-refractivity contribution in [2.24, 2.45) is 0 Å². The standard InChI is InChI=1S/C19H22N4O4S/c1-2-27-18(25)19(26)13-28-17(23(19)14-6-4-3-5-7-14)15(12-20)16(24)22-10-8-21-9-11-22/h3-7,21,26H,2,8-11,13H2,1H3. The molecule has 9 heteroatoms. The second kappa shape index (κ2) is 8.65. The number of rotatable bonds is 4. The van der Waals surface area contributed by atoms with Crippen molar-refractivity contribution in [1.82, 2.24) is 10.2 Å². The zero-order valence-electron chi connectivity index (χ0n) is 15.6. The molecule has 1 aromatic carbocycles. The molecule has 0 spiro atoms. The molecule has 0 radical (unpaired) electrons. The fourth-order valence-electron chi connectivity index (χ4n) is 3.17. The molecule has 0 bridgehead atoms. The van der Waals surface area contributed by atoms with E-state index in [1.807, 2.05) is 6.07 Å². The summed E-state index contributed by atoms with van der Waals surface area (Å²) in [5, 5.41) is 24.3. The van der Waals surface area contributed by atoms with Crippen LogP contribution in [0.3, 0.4) is 0 Å². The zero-order chi connectivity index (χ0) is 20.1. The smallest absolute Gasteiger partial charge is 0.361 e. The number of nitriles is 1. The topological polar surface area (TPSA) is 106 Å². The molecule has 2 aliphatic rings. The molecule has 28 heavy (non-hydrogen) atoms. The van der Waals surface area contributed by atoms with Gasteiger partial charge in [0.05, 0.1) is 12.4 Å². The highest BCUT2D eigenvalue weighted by molar-refractivity contribution is 8.03. The number of esters is 1. The number of ether oxygens (including phenoxy) is 1. The maximum absolute atomic E-state index is 13.0. The molecular formula is C19H22N4O4S. The van der Waals surface area contributed by atoms with Gasteiger partial charge in [0, 0.05) is 31.9 Å². The van der Waals surface area contributed by atoms with E-state index in [0.29, 0.717) is 31.9 Å². The summed E-state index contributed by atoms with van der Waals surface area (Å²) in [6.07, 6.45) is 0. The number of nitrogens with zero attached hydrogens (tertiary/aromatic N) is 3. The molecule has 0 aliphatic carbocycles. The van der Waals surface area contributed by atoms with Crippen LogP contribution in [0.2, 0.25) is 0 Å². The number of carbonyl (C=O) groups is 2. The van der Waals surface area contributed by atoms with Crippen LogP contribution < -0.4 is 10.2 Å². The predicted molar refractivity (Wildman–Crippen MR) is 105 cm³/mol. The van der Waals surface area contributed by atoms with Crippen LogP contribution in [-0.2, 0) is 14.3 Å². The van der Waals surface area contributed by atoms with E-state index in [0.717, 1.165) is 11.8 Å². The minimum Gasteiger partial charge on any atom is -0.462 e. The molecule has 2 heterocycles. The van der Waals surface area contributed by atoms with Crippen LogP contribution in [0, 0.1) is 11.3 Å². The molecule has 0 aromatic heterocycles. The summed E-state index contributed by atoms with van der Waals surface area (Å²) < 4.78 is 5.07. The van der Waals surface area contributed by atoms with Crippen molar-refractivity contribution in [2.45, 2.75) is 12.6 Å². The van der Waals surface area contributed by atoms with Gasteiger partial charge in [-0.2, -0.15) is 5.26 Å². The minimum absolute atomic E-state index is 0.0456. The molecular weight excluding hydrogens is 380 g/mol. The summed E-state index contributed by atoms with van der Waals surface area (Å²) in [5.41, 5.74) is -1.58. The Labute approximate surface area is 167 Å². The molecule has 0 saturated carbocycles. The SMILES string of the molecule is CCOC(=O)C1(O)CSC(=C(C#N)C(=O)N2CCNCC2)N1c1ccccc1. The number of thioether (sulfide) groups is 1. The van der Waals surface area contributed by atoms with E-state index < -0.39 is 17.6 Å². The lowest BCUT2D eigenvalue weighted by Crippen LogP contribution is -2.54. The van der Waals surface area contributed by atoms with E-state index in [2.05, 4.69) is 5.32 Å². The van der Waals surface area contributed by atoms with Crippen molar-refractivity contribution in [3.05, 3.63) is 40.9 Å². The number of para-hydroxylation sites is 1. The van der Waals surface area contributed by atoms with E-state index in [1.54, 1.807) is 42.2 Å². The highest BCUT2D eigenvalue weighted by Gasteiger charge is 2.52. The number of nitrogens with one attached hydrogen (secondary N) is 1. The summed E-state index contributed by atoms with van der Waals surface area (Å²) in [6, 6.07) is 10.7. The number of aliphatic hydroxyl groups is 1. The lowest BCUT2D eigenvalue weighted by molar-refractivity contribution is -0.161. The van der Waals surface area contributed by atoms with Gasteiger partial charge in [-0.3, -0.25) is 9.69 Å². The molecule has 3 rings (SSSR count). The first-order valence-corrected chi connectivity index (χ1v) is 10.0. The van der Waals surface area contributed by atoms with Crippen LogP contribution in [0.1, 0.15) is 6.92 Å². The van der Waals surface area contributed by atoms with Gasteiger partial charge in [-0.1, -0.05) is 18.2 Å². The quantitative estimate of drug-likeness (QED) is 0.430. The Balaban J connectivity index is 2.07. The molecule has 2 N–H and O–H groups in total. The Hall–Kier alpha value is -2.54. The highest BCUT2D eigenvalue weighted by Crippen LogP contribution is 2.44. The average Bonchev–Trinajstić information content (AvgIpc) is 3.08. The summed E-state index contributed by atoms with van der Waals surface area (Å²) >= 11 is 1.10. The van der Waals surface area contributed by atoms with Crippen molar-refractivity contribution in [1.29, 1.82) is 5.26 Å². The molecule has 2 fully saturated rings. The summed E-state index contributed by atoms with van der Waals surface area (Å²) in [5.74, 6) is -1.26. The molecule has 1 aromatic rings. The second-order valence-corrected chi connectivity index (χ2v) is 7.29. The van der Waals surface area contributed by atoms with Gasteiger partial charge in [0.2, 0.25) is 0 Å². The Morgan fingerprint density at radius 2 is 2.00 bits per heavy atom. The Morgan fingerprint density at radius 1 is 1.32 bits per heavy atom. The predicted octanol–water partition coefficient (Wildman–Crippen LogP) is 0.658. The van der Waals surface area contributed by atoms with Crippen LogP contribution in [-0.4, -0.2) is 66.1 Å². The van der Waals surface area contributed by atoms with Gasteiger partial charge in [-0.05, 0) is 19.1 Å². The fourth-order valence-corrected chi connectivity index (χ4v) is 4.42. The third-order valence-corrected chi connectivity index (χ3v) is 5.75. The Bertz CT molecular complexity index is 817. The van der Waals surface area contributed by atoms with Crippen molar-refractivity contribution in [3.63, 3.8) is 0 Å².